The van der Waals surface area contributed by atoms with Crippen molar-refractivity contribution in [3.63, 3.8) is 0 Å². The maximum Gasteiger partial charge on any atom is 0.229 e. The Bertz CT molecular complexity index is 820. The van der Waals surface area contributed by atoms with E-state index >= 15 is 0 Å². The molecule has 0 bridgehead atoms. The molecule has 1 saturated heterocycles. The van der Waals surface area contributed by atoms with Gasteiger partial charge in [0, 0.05) is 39.1 Å². The van der Waals surface area contributed by atoms with E-state index < -0.39 is 0 Å². The third-order valence-electron chi connectivity index (χ3n) is 5.17. The third kappa shape index (κ3) is 3.97. The van der Waals surface area contributed by atoms with E-state index in [1.54, 1.807) is 7.11 Å². The summed E-state index contributed by atoms with van der Waals surface area (Å²) in [4.78, 5) is 17.1. The molecule has 136 valence electrons. The van der Waals surface area contributed by atoms with Crippen LogP contribution >= 0.6 is 0 Å². The van der Waals surface area contributed by atoms with Gasteiger partial charge < -0.3 is 9.64 Å². The van der Waals surface area contributed by atoms with E-state index in [1.807, 2.05) is 36.1 Å². The number of nitriles is 1. The van der Waals surface area contributed by atoms with Crippen LogP contribution in [0.15, 0.2) is 36.4 Å². The summed E-state index contributed by atoms with van der Waals surface area (Å²) >= 11 is 0. The van der Waals surface area contributed by atoms with Gasteiger partial charge in [-0.25, -0.2) is 0 Å². The highest BCUT2D eigenvalue weighted by Gasteiger charge is 2.25. The lowest BCUT2D eigenvalue weighted by atomic mass is 9.96. The highest BCUT2D eigenvalue weighted by Crippen LogP contribution is 2.26. The fourth-order valence-corrected chi connectivity index (χ4v) is 3.46. The fraction of sp³-hybridized carbons (Fsp3) is 0.429. The molecular weight excluding hydrogens is 326 g/mol. The number of carbonyl (C=O) groups excluding carboxylic acids is 1. The lowest BCUT2D eigenvalue weighted by molar-refractivity contribution is -0.134. The molecule has 1 heterocycles. The predicted octanol–water partition coefficient (Wildman–Crippen LogP) is 3.01. The van der Waals surface area contributed by atoms with Gasteiger partial charge in [0.15, 0.2) is 0 Å². The zero-order chi connectivity index (χ0) is 18.5. The van der Waals surface area contributed by atoms with Gasteiger partial charge in [0.2, 0.25) is 5.91 Å². The second kappa shape index (κ2) is 8.20. The van der Waals surface area contributed by atoms with Crippen molar-refractivity contribution in [2.24, 2.45) is 0 Å². The van der Waals surface area contributed by atoms with Gasteiger partial charge in [-0.2, -0.15) is 5.26 Å². The van der Waals surface area contributed by atoms with Gasteiger partial charge >= 0.3 is 0 Å². The summed E-state index contributed by atoms with van der Waals surface area (Å²) in [6.45, 7) is 5.94. The molecule has 0 spiro atoms. The second-order valence-electron chi connectivity index (χ2n) is 6.77. The van der Waals surface area contributed by atoms with Crippen LogP contribution in [0.2, 0.25) is 0 Å². The van der Waals surface area contributed by atoms with E-state index in [0.29, 0.717) is 6.42 Å². The number of rotatable bonds is 5. The molecule has 1 fully saturated rings. The van der Waals surface area contributed by atoms with Crippen molar-refractivity contribution in [1.29, 1.82) is 5.26 Å². The number of fused-ring (bicyclic) bond motifs is 1. The minimum Gasteiger partial charge on any atom is -0.497 e. The van der Waals surface area contributed by atoms with Gasteiger partial charge in [0.05, 0.1) is 19.1 Å². The van der Waals surface area contributed by atoms with Gasteiger partial charge in [-0.05, 0) is 35.4 Å². The monoisotopic (exact) mass is 351 g/mol. The van der Waals surface area contributed by atoms with Crippen LogP contribution in [0.3, 0.4) is 0 Å². The molecule has 0 N–H and O–H groups in total. The molecule has 0 radical (unpaired) electrons. The lowest BCUT2D eigenvalue weighted by Crippen LogP contribution is -2.49. The van der Waals surface area contributed by atoms with E-state index in [1.165, 1.54) is 0 Å². The van der Waals surface area contributed by atoms with Crippen LogP contribution in [-0.4, -0.2) is 55.5 Å². The Hall–Kier alpha value is -2.58. The van der Waals surface area contributed by atoms with Crippen LogP contribution in [0.5, 0.6) is 5.75 Å². The number of methoxy groups -OCH3 is 1. The van der Waals surface area contributed by atoms with Crippen LogP contribution in [0.4, 0.5) is 0 Å². The topological polar surface area (TPSA) is 56.6 Å². The number of hydrogen-bond acceptors (Lipinski definition) is 4. The highest BCUT2D eigenvalue weighted by molar-refractivity contribution is 5.88. The van der Waals surface area contributed by atoms with Crippen molar-refractivity contribution in [2.45, 2.75) is 19.3 Å². The number of hydrogen-bond donors (Lipinski definition) is 0. The molecule has 1 amide bonds. The number of nitrogens with zero attached hydrogens (tertiary/aromatic N) is 3. The first-order valence-electron chi connectivity index (χ1n) is 9.08. The van der Waals surface area contributed by atoms with E-state index in [-0.39, 0.29) is 11.8 Å². The minimum absolute atomic E-state index is 0.160. The zero-order valence-corrected chi connectivity index (χ0v) is 15.4. The Balaban J connectivity index is 1.67. The van der Waals surface area contributed by atoms with Crippen LogP contribution in [0, 0.1) is 11.3 Å². The van der Waals surface area contributed by atoms with Crippen LogP contribution < -0.4 is 4.74 Å². The van der Waals surface area contributed by atoms with Crippen LogP contribution in [0.1, 0.15) is 24.8 Å². The second-order valence-corrected chi connectivity index (χ2v) is 6.77. The minimum atomic E-state index is -0.160. The molecule has 5 heteroatoms. The van der Waals surface area contributed by atoms with Crippen molar-refractivity contribution < 1.29 is 9.53 Å². The number of ether oxygens (including phenoxy) is 1. The van der Waals surface area contributed by atoms with Crippen LogP contribution in [-0.2, 0) is 4.79 Å². The van der Waals surface area contributed by atoms with Gasteiger partial charge in [-0.1, -0.05) is 24.3 Å². The van der Waals surface area contributed by atoms with Gasteiger partial charge in [0.1, 0.15) is 5.75 Å². The maximum atomic E-state index is 12.9. The van der Waals surface area contributed by atoms with Gasteiger partial charge in [0.25, 0.3) is 0 Å². The Morgan fingerprint density at radius 1 is 1.15 bits per heavy atom. The van der Waals surface area contributed by atoms with Crippen molar-refractivity contribution in [2.75, 3.05) is 39.8 Å². The quantitative estimate of drug-likeness (QED) is 0.831. The summed E-state index contributed by atoms with van der Waals surface area (Å²) in [6, 6.07) is 14.3. The summed E-state index contributed by atoms with van der Waals surface area (Å²) in [5, 5.41) is 10.9. The molecule has 2 aromatic rings. The molecular formula is C21H25N3O2. The molecule has 3 rings (SSSR count). The Kier molecular flexibility index (Phi) is 5.75. The van der Waals surface area contributed by atoms with Gasteiger partial charge in [-0.15, -0.1) is 0 Å². The summed E-state index contributed by atoms with van der Waals surface area (Å²) in [7, 11) is 1.66. The lowest BCUT2D eigenvalue weighted by Gasteiger charge is -2.35. The largest absolute Gasteiger partial charge is 0.497 e. The molecule has 0 aromatic heterocycles. The highest BCUT2D eigenvalue weighted by atomic mass is 16.5. The standard InChI is InChI=1S/C21H25N3O2/c1-16(21(25)24-12-10-23(11-13-24)9-3-8-22)17-4-5-19-15-20(26-2)7-6-18(19)14-17/h4-7,14-16H,3,9-13H2,1-2H3/t16-/m0/s1. The van der Waals surface area contributed by atoms with E-state index in [2.05, 4.69) is 23.1 Å². The first kappa shape index (κ1) is 18.2. The van der Waals surface area contributed by atoms with Crippen LogP contribution in [0.25, 0.3) is 10.8 Å². The first-order chi connectivity index (χ1) is 12.6. The Labute approximate surface area is 154 Å². The normalized spacial score (nSPS) is 16.3. The average Bonchev–Trinajstić information content (AvgIpc) is 2.70. The number of carbonyl (C=O) groups is 1. The molecule has 5 nitrogen and oxygen atoms in total. The number of piperazine rings is 1. The zero-order valence-electron chi connectivity index (χ0n) is 15.4. The molecule has 26 heavy (non-hydrogen) atoms. The van der Waals surface area contributed by atoms with Crippen molar-refractivity contribution >= 4 is 16.7 Å². The summed E-state index contributed by atoms with van der Waals surface area (Å²) in [5.74, 6) is 0.855. The SMILES string of the molecule is COc1ccc2cc([C@H](C)C(=O)N3CCN(CCC#N)CC3)ccc2c1. The number of benzene rings is 2. The molecule has 0 saturated carbocycles. The number of amides is 1. The van der Waals surface area contributed by atoms with E-state index in [0.717, 1.165) is 54.8 Å². The average molecular weight is 351 g/mol. The molecule has 0 aliphatic carbocycles. The molecule has 0 unspecified atom stereocenters. The molecule has 1 atom stereocenters. The molecule has 1 aliphatic rings. The Morgan fingerprint density at radius 3 is 2.54 bits per heavy atom. The summed E-state index contributed by atoms with van der Waals surface area (Å²) < 4.78 is 5.27. The molecule has 2 aromatic carbocycles. The van der Waals surface area contributed by atoms with E-state index in [4.69, 9.17) is 10.00 Å². The van der Waals surface area contributed by atoms with E-state index in [9.17, 15) is 4.79 Å². The summed E-state index contributed by atoms with van der Waals surface area (Å²) in [5.41, 5.74) is 1.04. The third-order valence-corrected chi connectivity index (χ3v) is 5.17. The Morgan fingerprint density at radius 2 is 1.85 bits per heavy atom. The van der Waals surface area contributed by atoms with Crippen molar-refractivity contribution in [1.82, 2.24) is 9.80 Å². The summed E-state index contributed by atoms with van der Waals surface area (Å²) in [6.07, 6.45) is 0.548. The van der Waals surface area contributed by atoms with Crippen molar-refractivity contribution in [3.8, 4) is 11.8 Å². The fourth-order valence-electron chi connectivity index (χ4n) is 3.46. The maximum absolute atomic E-state index is 12.9. The van der Waals surface area contributed by atoms with Gasteiger partial charge in [-0.3, -0.25) is 9.69 Å². The first-order valence-corrected chi connectivity index (χ1v) is 9.08. The predicted molar refractivity (Wildman–Crippen MR) is 102 cm³/mol. The smallest absolute Gasteiger partial charge is 0.229 e. The molecule has 1 aliphatic heterocycles. The van der Waals surface area contributed by atoms with Crippen molar-refractivity contribution in [3.05, 3.63) is 42.0 Å².